The Bertz CT molecular complexity index is 951. The summed E-state index contributed by atoms with van der Waals surface area (Å²) in [5, 5.41) is 2.95. The first-order valence-corrected chi connectivity index (χ1v) is 12.7. The molecular weight excluding hydrogens is 447 g/mol. The van der Waals surface area contributed by atoms with E-state index >= 15 is 0 Å². The summed E-state index contributed by atoms with van der Waals surface area (Å²) in [5.41, 5.74) is 1.000. The van der Waals surface area contributed by atoms with E-state index in [9.17, 15) is 14.0 Å². The maximum Gasteiger partial charge on any atom is 0.410 e. The van der Waals surface area contributed by atoms with Crippen molar-refractivity contribution in [3.8, 4) is 5.75 Å². The van der Waals surface area contributed by atoms with Crippen LogP contribution in [0.3, 0.4) is 0 Å². The highest BCUT2D eigenvalue weighted by Crippen LogP contribution is 2.33. The van der Waals surface area contributed by atoms with E-state index in [1.54, 1.807) is 17.0 Å². The molecule has 0 saturated carbocycles. The predicted molar refractivity (Wildman–Crippen MR) is 136 cm³/mol. The molecule has 2 amide bonds. The van der Waals surface area contributed by atoms with Crippen LogP contribution in [0.4, 0.5) is 9.18 Å². The Morgan fingerprint density at radius 2 is 2.03 bits per heavy atom. The predicted octanol–water partition coefficient (Wildman–Crippen LogP) is 5.73. The Labute approximate surface area is 208 Å². The van der Waals surface area contributed by atoms with Crippen LogP contribution < -0.4 is 10.1 Å². The van der Waals surface area contributed by atoms with E-state index in [0.29, 0.717) is 50.4 Å². The molecule has 35 heavy (non-hydrogen) atoms. The van der Waals surface area contributed by atoms with E-state index in [-0.39, 0.29) is 29.7 Å². The molecule has 7 heteroatoms. The summed E-state index contributed by atoms with van der Waals surface area (Å²) in [7, 11) is 0. The number of carbonyl (C=O) groups excluding carboxylic acids is 2. The Morgan fingerprint density at radius 3 is 2.69 bits per heavy atom. The molecule has 1 aliphatic heterocycles. The van der Waals surface area contributed by atoms with Crippen LogP contribution in [-0.4, -0.2) is 48.7 Å². The number of halogens is 1. The van der Waals surface area contributed by atoms with Crippen LogP contribution in [-0.2, 0) is 9.53 Å². The second-order valence-corrected chi connectivity index (χ2v) is 10.3. The number of amides is 2. The second-order valence-electron chi connectivity index (χ2n) is 10.3. The van der Waals surface area contributed by atoms with Crippen molar-refractivity contribution in [3.05, 3.63) is 47.8 Å². The molecule has 6 nitrogen and oxygen atoms in total. The summed E-state index contributed by atoms with van der Waals surface area (Å²) >= 11 is 0. The van der Waals surface area contributed by atoms with Gasteiger partial charge >= 0.3 is 6.09 Å². The fourth-order valence-electron chi connectivity index (χ4n) is 4.28. The van der Waals surface area contributed by atoms with Crippen molar-refractivity contribution in [2.75, 3.05) is 26.2 Å². The molecule has 2 atom stereocenters. The number of hydrogen-bond acceptors (Lipinski definition) is 4. The van der Waals surface area contributed by atoms with Gasteiger partial charge in [-0.05, 0) is 70.6 Å². The third kappa shape index (κ3) is 8.11. The zero-order valence-electron chi connectivity index (χ0n) is 21.4. The molecule has 1 aliphatic carbocycles. The molecule has 2 aliphatic rings. The van der Waals surface area contributed by atoms with Crippen LogP contribution in [0.5, 0.6) is 5.75 Å². The molecule has 1 aromatic rings. The molecule has 1 heterocycles. The largest absolute Gasteiger partial charge is 0.493 e. The number of nitrogens with one attached hydrogen (secondary N) is 1. The minimum absolute atomic E-state index is 0.0326. The molecule has 1 N–H and O–H groups in total. The summed E-state index contributed by atoms with van der Waals surface area (Å²) in [6, 6.07) is 5.00. The fourth-order valence-corrected chi connectivity index (χ4v) is 4.28. The molecule has 0 fully saturated rings. The number of hydrogen-bond donors (Lipinski definition) is 1. The Hall–Kier alpha value is -2.83. The maximum absolute atomic E-state index is 14.9. The highest BCUT2D eigenvalue weighted by molar-refractivity contribution is 5.80. The number of benzene rings is 1. The summed E-state index contributed by atoms with van der Waals surface area (Å²) in [4.78, 5) is 26.2. The lowest BCUT2D eigenvalue weighted by Crippen LogP contribution is -2.37. The van der Waals surface area contributed by atoms with Crippen molar-refractivity contribution in [3.63, 3.8) is 0 Å². The molecule has 192 valence electrons. The third-order valence-corrected chi connectivity index (χ3v) is 6.24. The summed E-state index contributed by atoms with van der Waals surface area (Å²) in [6.07, 6.45) is 9.40. The zero-order chi connectivity index (χ0) is 25.4. The van der Waals surface area contributed by atoms with Gasteiger partial charge < -0.3 is 19.7 Å². The number of rotatable bonds is 7. The molecule has 0 radical (unpaired) electrons. The number of ether oxygens (including phenoxy) is 2. The monoisotopic (exact) mass is 486 g/mol. The summed E-state index contributed by atoms with van der Waals surface area (Å²) in [5.74, 6) is 0.362. The van der Waals surface area contributed by atoms with Crippen LogP contribution in [0.15, 0.2) is 36.4 Å². The van der Waals surface area contributed by atoms with E-state index in [0.717, 1.165) is 24.8 Å². The molecule has 0 saturated heterocycles. The number of nitrogens with zero attached hydrogens (tertiary/aromatic N) is 1. The second kappa shape index (κ2) is 12.2. The summed E-state index contributed by atoms with van der Waals surface area (Å²) < 4.78 is 26.2. The quantitative estimate of drug-likeness (QED) is 0.500. The van der Waals surface area contributed by atoms with E-state index in [1.807, 2.05) is 39.8 Å². The Balaban J connectivity index is 1.51. The average molecular weight is 487 g/mol. The van der Waals surface area contributed by atoms with Gasteiger partial charge in [-0.1, -0.05) is 25.2 Å². The van der Waals surface area contributed by atoms with Crippen molar-refractivity contribution in [2.45, 2.75) is 65.4 Å². The lowest BCUT2D eigenvalue weighted by Gasteiger charge is -2.26. The van der Waals surface area contributed by atoms with Gasteiger partial charge in [0.2, 0.25) is 5.91 Å². The molecule has 0 bridgehead atoms. The zero-order valence-corrected chi connectivity index (χ0v) is 21.4. The molecular formula is C28H39FN2O4. The van der Waals surface area contributed by atoms with Gasteiger partial charge in [0.25, 0.3) is 0 Å². The van der Waals surface area contributed by atoms with Gasteiger partial charge in [-0.25, -0.2) is 9.18 Å². The highest BCUT2D eigenvalue weighted by atomic mass is 19.1. The van der Waals surface area contributed by atoms with Crippen molar-refractivity contribution in [1.82, 2.24) is 10.2 Å². The molecule has 0 aromatic heterocycles. The van der Waals surface area contributed by atoms with E-state index < -0.39 is 5.60 Å². The normalized spacial score (nSPS) is 20.6. The smallest absolute Gasteiger partial charge is 0.410 e. The Morgan fingerprint density at radius 1 is 1.23 bits per heavy atom. The van der Waals surface area contributed by atoms with Crippen molar-refractivity contribution in [2.24, 2.45) is 11.8 Å². The van der Waals surface area contributed by atoms with Gasteiger partial charge in [-0.15, -0.1) is 0 Å². The van der Waals surface area contributed by atoms with Crippen molar-refractivity contribution in [1.29, 1.82) is 0 Å². The molecule has 2 unspecified atom stereocenters. The lowest BCUT2D eigenvalue weighted by atomic mass is 9.86. The van der Waals surface area contributed by atoms with E-state index in [2.05, 4.69) is 11.4 Å². The maximum atomic E-state index is 14.9. The standard InChI is InChI=1S/C28H39FN2O4/c1-5-15-30-26(32)22-10-8-21(9-11-22)24-13-12-23(18-25(24)29)34-19-20-7-6-16-31(17-14-20)27(33)35-28(2,3)4/h6-8,12-13,18,20,22H,5,9-11,14-17,19H2,1-4H3,(H,30,32). The summed E-state index contributed by atoms with van der Waals surface area (Å²) in [6.45, 7) is 9.79. The number of carbonyl (C=O) groups is 2. The van der Waals surface area contributed by atoms with Crippen LogP contribution in [0.1, 0.15) is 65.4 Å². The third-order valence-electron chi connectivity index (χ3n) is 6.24. The average Bonchev–Trinajstić information content (AvgIpc) is 3.06. The first kappa shape index (κ1) is 26.8. The minimum Gasteiger partial charge on any atom is -0.493 e. The minimum atomic E-state index is -0.523. The van der Waals surface area contributed by atoms with Crippen LogP contribution in [0, 0.1) is 17.7 Å². The van der Waals surface area contributed by atoms with Crippen LogP contribution in [0.25, 0.3) is 5.57 Å². The van der Waals surface area contributed by atoms with Gasteiger partial charge in [0.1, 0.15) is 17.2 Å². The van der Waals surface area contributed by atoms with Gasteiger partial charge in [0.05, 0.1) is 6.61 Å². The van der Waals surface area contributed by atoms with Crippen LogP contribution >= 0.6 is 0 Å². The van der Waals surface area contributed by atoms with Gasteiger partial charge in [0.15, 0.2) is 0 Å². The van der Waals surface area contributed by atoms with Crippen molar-refractivity contribution < 1.29 is 23.5 Å². The lowest BCUT2D eigenvalue weighted by molar-refractivity contribution is -0.125. The van der Waals surface area contributed by atoms with E-state index in [4.69, 9.17) is 9.47 Å². The highest BCUT2D eigenvalue weighted by Gasteiger charge is 2.25. The molecule has 1 aromatic carbocycles. The van der Waals surface area contributed by atoms with Gasteiger partial charge in [-0.3, -0.25) is 4.79 Å². The Kier molecular flexibility index (Phi) is 9.35. The molecule has 3 rings (SSSR count). The first-order valence-electron chi connectivity index (χ1n) is 12.7. The first-order chi connectivity index (χ1) is 16.7. The van der Waals surface area contributed by atoms with Crippen LogP contribution in [0.2, 0.25) is 0 Å². The van der Waals surface area contributed by atoms with Gasteiger partial charge in [-0.2, -0.15) is 0 Å². The fraction of sp³-hybridized carbons (Fsp3) is 0.571. The van der Waals surface area contributed by atoms with Gasteiger partial charge in [0, 0.05) is 43.1 Å². The van der Waals surface area contributed by atoms with E-state index in [1.165, 1.54) is 6.07 Å². The topological polar surface area (TPSA) is 67.9 Å². The number of allylic oxidation sites excluding steroid dienone is 2. The van der Waals surface area contributed by atoms with Crippen molar-refractivity contribution >= 4 is 17.6 Å². The molecule has 0 spiro atoms. The SMILES string of the molecule is CCCNC(=O)C1CC=C(c2ccc(OCC3C=CCN(C(=O)OC(C)(C)C)CC3)cc2F)CC1.